The van der Waals surface area contributed by atoms with Gasteiger partial charge in [-0.25, -0.2) is 4.79 Å². The van der Waals surface area contributed by atoms with Crippen LogP contribution in [0, 0.1) is 5.92 Å². The Bertz CT molecular complexity index is 1160. The lowest BCUT2D eigenvalue weighted by atomic mass is 9.90. The molecule has 7 heteroatoms. The standard InChI is InChI=1S/C30H32N2O5/c1-20(2)18-25(28(34)31-24(27(33)30(36)37)19-21-12-6-3-7-13-21)32-29(35)26(22-14-8-4-9-15-22)23-16-10-5-11-17-23/h3-17,20,24-26H,18-19H2,1-2H3,(H,31,34)(H,32,35)(H,36,37)/t24?,25-/m0/s1. The first kappa shape index (κ1) is 27.3. The Balaban J connectivity index is 1.85. The second kappa shape index (κ2) is 13.2. The molecule has 3 aromatic carbocycles. The number of carboxylic acids is 1. The number of carbonyl (C=O) groups excluding carboxylic acids is 3. The van der Waals surface area contributed by atoms with E-state index in [4.69, 9.17) is 0 Å². The number of rotatable bonds is 12. The van der Waals surface area contributed by atoms with Crippen LogP contribution in [-0.4, -0.2) is 40.8 Å². The van der Waals surface area contributed by atoms with Crippen molar-refractivity contribution in [2.75, 3.05) is 0 Å². The van der Waals surface area contributed by atoms with Crippen molar-refractivity contribution in [3.05, 3.63) is 108 Å². The van der Waals surface area contributed by atoms with Crippen LogP contribution < -0.4 is 10.6 Å². The summed E-state index contributed by atoms with van der Waals surface area (Å²) in [6.07, 6.45) is 0.337. The maximum absolute atomic E-state index is 13.6. The number of nitrogens with one attached hydrogen (secondary N) is 2. The lowest BCUT2D eigenvalue weighted by Crippen LogP contribution is -2.54. The Kier molecular flexibility index (Phi) is 9.72. The number of benzene rings is 3. The second-order valence-corrected chi connectivity index (χ2v) is 9.37. The molecular weight excluding hydrogens is 468 g/mol. The van der Waals surface area contributed by atoms with Crippen molar-refractivity contribution in [1.29, 1.82) is 0 Å². The molecule has 0 heterocycles. The smallest absolute Gasteiger partial charge is 0.374 e. The quantitative estimate of drug-likeness (QED) is 0.328. The molecule has 2 amide bonds. The van der Waals surface area contributed by atoms with Crippen molar-refractivity contribution >= 4 is 23.6 Å². The zero-order chi connectivity index (χ0) is 26.8. The number of ketones is 1. The molecule has 0 aliphatic rings. The van der Waals surface area contributed by atoms with Gasteiger partial charge in [-0.15, -0.1) is 0 Å². The highest BCUT2D eigenvalue weighted by Crippen LogP contribution is 2.25. The molecule has 192 valence electrons. The Morgan fingerprint density at radius 1 is 0.676 bits per heavy atom. The van der Waals surface area contributed by atoms with E-state index in [-0.39, 0.29) is 18.2 Å². The van der Waals surface area contributed by atoms with Crippen LogP contribution in [0.3, 0.4) is 0 Å². The Hall–Kier alpha value is -4.26. The molecule has 0 bridgehead atoms. The molecule has 0 spiro atoms. The fourth-order valence-corrected chi connectivity index (χ4v) is 4.22. The normalized spacial score (nSPS) is 12.5. The third kappa shape index (κ3) is 7.87. The van der Waals surface area contributed by atoms with Gasteiger partial charge in [-0.3, -0.25) is 14.4 Å². The highest BCUT2D eigenvalue weighted by atomic mass is 16.4. The molecule has 0 aliphatic heterocycles. The van der Waals surface area contributed by atoms with Gasteiger partial charge in [-0.2, -0.15) is 0 Å². The SMILES string of the molecule is CC(C)C[C@H](NC(=O)C(c1ccccc1)c1ccccc1)C(=O)NC(Cc1ccccc1)C(=O)C(=O)O. The van der Waals surface area contributed by atoms with Crippen molar-refractivity contribution in [3.8, 4) is 0 Å². The summed E-state index contributed by atoms with van der Waals surface area (Å²) in [4.78, 5) is 50.9. The molecule has 3 N–H and O–H groups in total. The lowest BCUT2D eigenvalue weighted by molar-refractivity contribution is -0.150. The van der Waals surface area contributed by atoms with Crippen LogP contribution in [0.5, 0.6) is 0 Å². The molecule has 0 fully saturated rings. The van der Waals surface area contributed by atoms with E-state index < -0.39 is 35.7 Å². The number of Topliss-reactive ketones (excluding diaryl/α,β-unsaturated/α-hetero) is 1. The molecule has 2 atom stereocenters. The van der Waals surface area contributed by atoms with Crippen molar-refractivity contribution in [2.24, 2.45) is 5.92 Å². The highest BCUT2D eigenvalue weighted by molar-refractivity contribution is 6.35. The van der Waals surface area contributed by atoms with Gasteiger partial charge in [-0.1, -0.05) is 105 Å². The zero-order valence-corrected chi connectivity index (χ0v) is 21.0. The minimum absolute atomic E-state index is 0.0245. The van der Waals surface area contributed by atoms with Gasteiger partial charge in [0.25, 0.3) is 5.78 Å². The minimum Gasteiger partial charge on any atom is -0.475 e. The number of aliphatic carboxylic acids is 1. The van der Waals surface area contributed by atoms with Crippen LogP contribution in [0.2, 0.25) is 0 Å². The summed E-state index contributed by atoms with van der Waals surface area (Å²) in [5.41, 5.74) is 2.26. The molecule has 0 radical (unpaired) electrons. The lowest BCUT2D eigenvalue weighted by Gasteiger charge is -2.26. The van der Waals surface area contributed by atoms with Gasteiger partial charge in [0.15, 0.2) is 0 Å². The molecule has 7 nitrogen and oxygen atoms in total. The van der Waals surface area contributed by atoms with Gasteiger partial charge in [0.1, 0.15) is 12.1 Å². The molecule has 0 aromatic heterocycles. The maximum Gasteiger partial charge on any atom is 0.374 e. The first-order chi connectivity index (χ1) is 17.8. The monoisotopic (exact) mass is 500 g/mol. The average Bonchev–Trinajstić information content (AvgIpc) is 2.89. The van der Waals surface area contributed by atoms with Gasteiger partial charge in [0.2, 0.25) is 11.8 Å². The molecule has 0 saturated heterocycles. The van der Waals surface area contributed by atoms with Crippen molar-refractivity contribution in [3.63, 3.8) is 0 Å². The summed E-state index contributed by atoms with van der Waals surface area (Å²) in [5.74, 6) is -4.30. The fourth-order valence-electron chi connectivity index (χ4n) is 4.22. The Morgan fingerprint density at radius 3 is 1.59 bits per heavy atom. The highest BCUT2D eigenvalue weighted by Gasteiger charge is 2.32. The van der Waals surface area contributed by atoms with Gasteiger partial charge < -0.3 is 15.7 Å². The van der Waals surface area contributed by atoms with Gasteiger partial charge in [0, 0.05) is 6.42 Å². The first-order valence-electron chi connectivity index (χ1n) is 12.3. The number of amides is 2. The molecule has 3 rings (SSSR count). The van der Waals surface area contributed by atoms with Crippen molar-refractivity contribution in [2.45, 2.75) is 44.7 Å². The van der Waals surface area contributed by atoms with E-state index in [1.165, 1.54) is 0 Å². The number of carboxylic acid groups (broad SMARTS) is 1. The van der Waals surface area contributed by atoms with Crippen LogP contribution in [0.25, 0.3) is 0 Å². The molecule has 0 saturated carbocycles. The van der Waals surface area contributed by atoms with Gasteiger partial charge >= 0.3 is 5.97 Å². The number of hydrogen-bond acceptors (Lipinski definition) is 4. The molecule has 3 aromatic rings. The van der Waals surface area contributed by atoms with Crippen LogP contribution in [0.1, 0.15) is 42.9 Å². The van der Waals surface area contributed by atoms with Crippen LogP contribution in [0.15, 0.2) is 91.0 Å². The first-order valence-corrected chi connectivity index (χ1v) is 12.3. The third-order valence-electron chi connectivity index (χ3n) is 5.99. The largest absolute Gasteiger partial charge is 0.475 e. The van der Waals surface area contributed by atoms with Gasteiger partial charge in [0.05, 0.1) is 5.92 Å². The van der Waals surface area contributed by atoms with E-state index in [1.54, 1.807) is 30.3 Å². The molecule has 0 aliphatic carbocycles. The summed E-state index contributed by atoms with van der Waals surface area (Å²) in [5, 5.41) is 14.8. The average molecular weight is 501 g/mol. The second-order valence-electron chi connectivity index (χ2n) is 9.37. The van der Waals surface area contributed by atoms with Crippen molar-refractivity contribution in [1.82, 2.24) is 10.6 Å². The predicted octanol–water partition coefficient (Wildman–Crippen LogP) is 3.73. The van der Waals surface area contributed by atoms with Crippen LogP contribution in [0.4, 0.5) is 0 Å². The maximum atomic E-state index is 13.6. The third-order valence-corrected chi connectivity index (χ3v) is 5.99. The zero-order valence-electron chi connectivity index (χ0n) is 21.0. The summed E-state index contributed by atoms with van der Waals surface area (Å²) in [6.45, 7) is 3.84. The van der Waals surface area contributed by atoms with E-state index in [0.717, 1.165) is 11.1 Å². The molecular formula is C30H32N2O5. The Morgan fingerprint density at radius 2 is 1.14 bits per heavy atom. The minimum atomic E-state index is -1.63. The molecule has 1 unspecified atom stereocenters. The molecule has 37 heavy (non-hydrogen) atoms. The number of hydrogen-bond donors (Lipinski definition) is 3. The topological polar surface area (TPSA) is 113 Å². The van der Waals surface area contributed by atoms with Gasteiger partial charge in [-0.05, 0) is 29.0 Å². The summed E-state index contributed by atoms with van der Waals surface area (Å²) in [7, 11) is 0. The van der Waals surface area contributed by atoms with E-state index >= 15 is 0 Å². The fraction of sp³-hybridized carbons (Fsp3) is 0.267. The van der Waals surface area contributed by atoms with E-state index in [0.29, 0.717) is 12.0 Å². The van der Waals surface area contributed by atoms with Crippen molar-refractivity contribution < 1.29 is 24.3 Å². The van der Waals surface area contributed by atoms with Crippen LogP contribution in [-0.2, 0) is 25.6 Å². The van der Waals surface area contributed by atoms with E-state index in [2.05, 4.69) is 10.6 Å². The summed E-state index contributed by atoms with van der Waals surface area (Å²) >= 11 is 0. The predicted molar refractivity (Wildman–Crippen MR) is 141 cm³/mol. The number of carbonyl (C=O) groups is 4. The summed E-state index contributed by atoms with van der Waals surface area (Å²) in [6, 6.07) is 25.2. The van der Waals surface area contributed by atoms with E-state index in [1.807, 2.05) is 74.5 Å². The summed E-state index contributed by atoms with van der Waals surface area (Å²) < 4.78 is 0. The Labute approximate surface area is 216 Å². The van der Waals surface area contributed by atoms with Crippen LogP contribution >= 0.6 is 0 Å². The van der Waals surface area contributed by atoms with E-state index in [9.17, 15) is 24.3 Å².